The molecule has 3 aromatic rings. The maximum atomic E-state index is 12.8. The van der Waals surface area contributed by atoms with E-state index in [1.165, 1.54) is 12.8 Å². The van der Waals surface area contributed by atoms with Gasteiger partial charge in [-0.05, 0) is 62.4 Å². The molecule has 0 radical (unpaired) electrons. The second-order valence-electron chi connectivity index (χ2n) is 9.36. The lowest BCUT2D eigenvalue weighted by Gasteiger charge is -2.36. The Morgan fingerprint density at radius 3 is 2.64 bits per heavy atom. The van der Waals surface area contributed by atoms with Crippen molar-refractivity contribution >= 4 is 11.7 Å². The van der Waals surface area contributed by atoms with Gasteiger partial charge in [0.25, 0.3) is 0 Å². The first-order valence-corrected chi connectivity index (χ1v) is 12.7. The molecule has 0 spiro atoms. The summed E-state index contributed by atoms with van der Waals surface area (Å²) in [5.74, 6) is 3.07. The first-order chi connectivity index (χ1) is 17.6. The van der Waals surface area contributed by atoms with Crippen LogP contribution in [0.3, 0.4) is 0 Å². The van der Waals surface area contributed by atoms with Crippen molar-refractivity contribution in [2.45, 2.75) is 33.2 Å². The molecule has 2 fully saturated rings. The van der Waals surface area contributed by atoms with Crippen LogP contribution in [0.2, 0.25) is 0 Å². The Bertz CT molecular complexity index is 1180. The molecule has 0 bridgehead atoms. The number of urea groups is 1. The smallest absolute Gasteiger partial charge is 0.317 e. The number of hydrogen-bond donors (Lipinski definition) is 1. The van der Waals surface area contributed by atoms with Gasteiger partial charge < -0.3 is 24.6 Å². The largest absolute Gasteiger partial charge is 0.493 e. The summed E-state index contributed by atoms with van der Waals surface area (Å²) in [4.78, 5) is 21.2. The molecule has 2 amide bonds. The fraction of sp³-hybridized carbons (Fsp3) is 0.444. The average molecular weight is 491 g/mol. The highest BCUT2D eigenvalue weighted by Crippen LogP contribution is 2.30. The van der Waals surface area contributed by atoms with Crippen LogP contribution in [0.15, 0.2) is 48.8 Å². The molecule has 5 rings (SSSR count). The Kier molecular flexibility index (Phi) is 7.25. The number of aryl methyl sites for hydroxylation is 1. The number of nitrogens with one attached hydrogen (secondary N) is 1. The summed E-state index contributed by atoms with van der Waals surface area (Å²) in [5, 5.41) is 7.47. The lowest BCUT2D eigenvalue weighted by atomic mass is 10.2. The van der Waals surface area contributed by atoms with E-state index < -0.39 is 0 Å². The summed E-state index contributed by atoms with van der Waals surface area (Å²) in [7, 11) is 0. The Labute approximate surface area is 212 Å². The van der Waals surface area contributed by atoms with Crippen LogP contribution >= 0.6 is 0 Å². The molecular weight excluding hydrogens is 456 g/mol. The van der Waals surface area contributed by atoms with Gasteiger partial charge in [-0.15, -0.1) is 0 Å². The SMILES string of the molecule is CCOc1cc(N2CCN(C(=O)NCc3cccc(OCC4CC4)c3)CC2)ccc1-n1cnc(C)n1. The van der Waals surface area contributed by atoms with Crippen molar-refractivity contribution in [3.63, 3.8) is 0 Å². The van der Waals surface area contributed by atoms with Crippen molar-refractivity contribution in [3.05, 3.63) is 60.2 Å². The van der Waals surface area contributed by atoms with E-state index >= 15 is 0 Å². The molecular formula is C27H34N6O3. The Balaban J connectivity index is 1.14. The van der Waals surface area contributed by atoms with Crippen LogP contribution in [0.1, 0.15) is 31.2 Å². The van der Waals surface area contributed by atoms with Gasteiger partial charge in [-0.1, -0.05) is 12.1 Å². The predicted molar refractivity (Wildman–Crippen MR) is 138 cm³/mol. The zero-order chi connectivity index (χ0) is 24.9. The lowest BCUT2D eigenvalue weighted by Crippen LogP contribution is -2.51. The van der Waals surface area contributed by atoms with Gasteiger partial charge in [0.1, 0.15) is 29.3 Å². The van der Waals surface area contributed by atoms with Crippen molar-refractivity contribution in [1.82, 2.24) is 25.0 Å². The van der Waals surface area contributed by atoms with Crippen LogP contribution in [-0.2, 0) is 6.54 Å². The predicted octanol–water partition coefficient (Wildman–Crippen LogP) is 3.80. The number of aromatic nitrogens is 3. The van der Waals surface area contributed by atoms with E-state index in [1.54, 1.807) is 11.0 Å². The molecule has 1 saturated heterocycles. The standard InChI is InChI=1S/C27H34N6O3/c1-3-35-26-16-23(9-10-25(26)33-19-29-20(2)30-33)31-11-13-32(14-12-31)27(34)28-17-22-5-4-6-24(15-22)36-18-21-7-8-21/h4-6,9-10,15-16,19,21H,3,7-8,11-14,17-18H2,1-2H3,(H,28,34). The molecule has 0 atom stereocenters. The number of piperazine rings is 1. The maximum absolute atomic E-state index is 12.8. The number of rotatable bonds is 9. The van der Waals surface area contributed by atoms with Crippen LogP contribution in [0.4, 0.5) is 10.5 Å². The van der Waals surface area contributed by atoms with Gasteiger partial charge in [-0.2, -0.15) is 5.10 Å². The lowest BCUT2D eigenvalue weighted by molar-refractivity contribution is 0.194. The summed E-state index contributed by atoms with van der Waals surface area (Å²) in [6, 6.07) is 14.1. The highest BCUT2D eigenvalue weighted by molar-refractivity contribution is 5.74. The fourth-order valence-corrected chi connectivity index (χ4v) is 4.32. The molecule has 36 heavy (non-hydrogen) atoms. The first-order valence-electron chi connectivity index (χ1n) is 12.7. The Morgan fingerprint density at radius 2 is 1.92 bits per heavy atom. The number of hydrogen-bond acceptors (Lipinski definition) is 6. The van der Waals surface area contributed by atoms with Crippen LogP contribution in [0.25, 0.3) is 5.69 Å². The molecule has 190 valence electrons. The number of anilines is 1. The molecule has 1 aliphatic heterocycles. The molecule has 1 aromatic heterocycles. The van der Waals surface area contributed by atoms with Crippen molar-refractivity contribution in [3.8, 4) is 17.2 Å². The van der Waals surface area contributed by atoms with E-state index in [0.717, 1.165) is 48.1 Å². The van der Waals surface area contributed by atoms with Gasteiger partial charge in [-0.25, -0.2) is 14.5 Å². The van der Waals surface area contributed by atoms with Crippen LogP contribution in [0.5, 0.6) is 11.5 Å². The number of carbonyl (C=O) groups is 1. The molecule has 1 aliphatic carbocycles. The zero-order valence-corrected chi connectivity index (χ0v) is 21.0. The summed E-state index contributed by atoms with van der Waals surface area (Å²) in [6.45, 7) is 8.49. The minimum Gasteiger partial charge on any atom is -0.493 e. The first kappa shape index (κ1) is 24.0. The van der Waals surface area contributed by atoms with Gasteiger partial charge in [0, 0.05) is 44.5 Å². The fourth-order valence-electron chi connectivity index (χ4n) is 4.32. The number of carbonyl (C=O) groups excluding carboxylic acids is 1. The number of benzene rings is 2. The summed E-state index contributed by atoms with van der Waals surface area (Å²) >= 11 is 0. The normalized spacial score (nSPS) is 15.6. The highest BCUT2D eigenvalue weighted by Gasteiger charge is 2.23. The minimum atomic E-state index is -0.0362. The van der Waals surface area contributed by atoms with Crippen molar-refractivity contribution < 1.29 is 14.3 Å². The zero-order valence-electron chi connectivity index (χ0n) is 21.0. The second-order valence-corrected chi connectivity index (χ2v) is 9.36. The van der Waals surface area contributed by atoms with E-state index in [9.17, 15) is 4.79 Å². The topological polar surface area (TPSA) is 84.8 Å². The van der Waals surface area contributed by atoms with E-state index in [1.807, 2.05) is 55.1 Å². The molecule has 2 aromatic carbocycles. The van der Waals surface area contributed by atoms with Crippen LogP contribution < -0.4 is 19.7 Å². The van der Waals surface area contributed by atoms with E-state index in [-0.39, 0.29) is 6.03 Å². The third kappa shape index (κ3) is 5.90. The van der Waals surface area contributed by atoms with Crippen molar-refractivity contribution in [1.29, 1.82) is 0 Å². The molecule has 2 aliphatic rings. The van der Waals surface area contributed by atoms with Gasteiger partial charge in [-0.3, -0.25) is 0 Å². The average Bonchev–Trinajstić information content (AvgIpc) is 3.64. The quantitative estimate of drug-likeness (QED) is 0.491. The van der Waals surface area contributed by atoms with Crippen molar-refractivity contribution in [2.75, 3.05) is 44.3 Å². The number of ether oxygens (including phenoxy) is 2. The molecule has 2 heterocycles. The molecule has 1 N–H and O–H groups in total. The summed E-state index contributed by atoms with van der Waals surface area (Å²) in [6.07, 6.45) is 4.23. The van der Waals surface area contributed by atoms with Gasteiger partial charge >= 0.3 is 6.03 Å². The third-order valence-electron chi connectivity index (χ3n) is 6.55. The van der Waals surface area contributed by atoms with Crippen LogP contribution in [-0.4, -0.2) is 65.1 Å². The Hall–Kier alpha value is -3.75. The third-order valence-corrected chi connectivity index (χ3v) is 6.55. The van der Waals surface area contributed by atoms with Crippen molar-refractivity contribution in [2.24, 2.45) is 5.92 Å². The Morgan fingerprint density at radius 1 is 1.08 bits per heavy atom. The van der Waals surface area contributed by atoms with E-state index in [2.05, 4.69) is 26.4 Å². The maximum Gasteiger partial charge on any atom is 0.317 e. The summed E-state index contributed by atoms with van der Waals surface area (Å²) < 4.78 is 13.5. The number of amides is 2. The molecule has 9 heteroatoms. The molecule has 1 saturated carbocycles. The van der Waals surface area contributed by atoms with Crippen LogP contribution in [0, 0.1) is 12.8 Å². The minimum absolute atomic E-state index is 0.0362. The van der Waals surface area contributed by atoms with Gasteiger partial charge in [0.2, 0.25) is 0 Å². The molecule has 0 unspecified atom stereocenters. The van der Waals surface area contributed by atoms with E-state index in [4.69, 9.17) is 9.47 Å². The molecule has 9 nitrogen and oxygen atoms in total. The summed E-state index contributed by atoms with van der Waals surface area (Å²) in [5.41, 5.74) is 2.98. The number of nitrogens with zero attached hydrogens (tertiary/aromatic N) is 5. The van der Waals surface area contributed by atoms with Gasteiger partial charge in [0.05, 0.1) is 13.2 Å². The van der Waals surface area contributed by atoms with Gasteiger partial charge in [0.15, 0.2) is 0 Å². The highest BCUT2D eigenvalue weighted by atomic mass is 16.5. The second kappa shape index (κ2) is 10.9. The monoisotopic (exact) mass is 490 g/mol. The van der Waals surface area contributed by atoms with E-state index in [0.29, 0.717) is 38.0 Å².